The molecule has 3 nitrogen and oxygen atoms in total. The van der Waals surface area contributed by atoms with E-state index in [4.69, 9.17) is 4.98 Å². The first-order chi connectivity index (χ1) is 22.8. The summed E-state index contributed by atoms with van der Waals surface area (Å²) in [7, 11) is 0. The first kappa shape index (κ1) is 25.2. The van der Waals surface area contributed by atoms with Crippen LogP contribution in [0, 0.1) is 0 Å². The van der Waals surface area contributed by atoms with E-state index in [1.54, 1.807) is 0 Å². The lowest BCUT2D eigenvalue weighted by molar-refractivity contribution is 1.15. The summed E-state index contributed by atoms with van der Waals surface area (Å²) in [5, 5.41) is 8.52. The van der Waals surface area contributed by atoms with E-state index in [0.29, 0.717) is 0 Å². The zero-order valence-electron chi connectivity index (χ0n) is 24.9. The maximum absolute atomic E-state index is 4.84. The molecule has 0 bridgehead atoms. The largest absolute Gasteiger partial charge is 0.307 e. The van der Waals surface area contributed by atoms with Crippen LogP contribution in [0.15, 0.2) is 164 Å². The van der Waals surface area contributed by atoms with Crippen LogP contribution >= 0.6 is 0 Å². The van der Waals surface area contributed by atoms with Crippen LogP contribution in [-0.2, 0) is 0 Å². The van der Waals surface area contributed by atoms with E-state index < -0.39 is 0 Å². The van der Waals surface area contributed by atoms with Crippen molar-refractivity contribution in [1.82, 2.24) is 14.1 Å². The molecule has 10 aromatic rings. The summed E-state index contributed by atoms with van der Waals surface area (Å²) >= 11 is 0. The number of fused-ring (bicyclic) bond motifs is 10. The molecule has 214 valence electrons. The van der Waals surface area contributed by atoms with E-state index in [1.165, 1.54) is 65.5 Å². The predicted octanol–water partition coefficient (Wildman–Crippen LogP) is 11.2. The van der Waals surface area contributed by atoms with Gasteiger partial charge >= 0.3 is 0 Å². The highest BCUT2D eigenvalue weighted by Crippen LogP contribution is 2.42. The van der Waals surface area contributed by atoms with Gasteiger partial charge in [0.1, 0.15) is 0 Å². The summed E-state index contributed by atoms with van der Waals surface area (Å²) in [5.74, 6) is 0. The van der Waals surface area contributed by atoms with Gasteiger partial charge in [-0.25, -0.2) is 0 Å². The van der Waals surface area contributed by atoms with Crippen molar-refractivity contribution in [3.63, 3.8) is 0 Å². The molecule has 0 fully saturated rings. The van der Waals surface area contributed by atoms with Crippen molar-refractivity contribution < 1.29 is 0 Å². The second kappa shape index (κ2) is 9.65. The molecule has 7 aromatic carbocycles. The van der Waals surface area contributed by atoms with Crippen LogP contribution in [0.4, 0.5) is 0 Å². The highest BCUT2D eigenvalue weighted by molar-refractivity contribution is 6.24. The van der Waals surface area contributed by atoms with Gasteiger partial charge in [0.25, 0.3) is 0 Å². The third-order valence-corrected chi connectivity index (χ3v) is 9.51. The zero-order valence-corrected chi connectivity index (χ0v) is 24.9. The monoisotopic (exact) mass is 585 g/mol. The van der Waals surface area contributed by atoms with Gasteiger partial charge in [-0.15, -0.1) is 0 Å². The first-order valence-corrected chi connectivity index (χ1v) is 15.7. The number of rotatable bonds is 3. The highest BCUT2D eigenvalue weighted by Gasteiger charge is 2.21. The lowest BCUT2D eigenvalue weighted by Crippen LogP contribution is -1.99. The molecule has 10 rings (SSSR count). The van der Waals surface area contributed by atoms with Gasteiger partial charge < -0.3 is 9.13 Å². The molecule has 0 radical (unpaired) electrons. The number of benzene rings is 7. The standard InChI is InChI=1S/C43H27N3/c1-2-14-31(15-3-1)45-38-20-6-4-17-34(38)36-24-25-37-35-18-5-7-21-39(35)46(43(37)42(36)45)32-16-8-12-30(27-32)33-19-9-11-28-22-23-29-13-10-26-44-41(29)40(28)33/h1-27H. The fourth-order valence-corrected chi connectivity index (χ4v) is 7.58. The lowest BCUT2D eigenvalue weighted by atomic mass is 9.96. The summed E-state index contributed by atoms with van der Waals surface area (Å²) in [6.45, 7) is 0. The van der Waals surface area contributed by atoms with Gasteiger partial charge in [-0.05, 0) is 59.0 Å². The van der Waals surface area contributed by atoms with Crippen LogP contribution in [-0.4, -0.2) is 14.1 Å². The molecular weight excluding hydrogens is 558 g/mol. The Morgan fingerprint density at radius 1 is 0.413 bits per heavy atom. The molecule has 0 saturated carbocycles. The SMILES string of the molecule is c1ccc(-n2c3ccccc3c3ccc4c5ccccc5n(-c5cccc(-c6cccc7ccc8cccnc8c67)c5)c4c32)cc1. The molecule has 0 amide bonds. The first-order valence-electron chi connectivity index (χ1n) is 15.7. The smallest absolute Gasteiger partial charge is 0.0788 e. The van der Waals surface area contributed by atoms with Gasteiger partial charge in [-0.3, -0.25) is 4.98 Å². The van der Waals surface area contributed by atoms with Crippen LogP contribution in [0.5, 0.6) is 0 Å². The Morgan fingerprint density at radius 2 is 1.02 bits per heavy atom. The Labute approximate surface area is 265 Å². The Balaban J connectivity index is 1.34. The molecule has 0 aliphatic rings. The molecular formula is C43H27N3. The average molecular weight is 586 g/mol. The Morgan fingerprint density at radius 3 is 1.78 bits per heavy atom. The maximum atomic E-state index is 4.84. The third-order valence-electron chi connectivity index (χ3n) is 9.51. The maximum Gasteiger partial charge on any atom is 0.0788 e. The number of aromatic nitrogens is 3. The highest BCUT2D eigenvalue weighted by atomic mass is 15.0. The Kier molecular flexibility index (Phi) is 5.28. The van der Waals surface area contributed by atoms with Crippen molar-refractivity contribution in [2.75, 3.05) is 0 Å². The van der Waals surface area contributed by atoms with Crippen LogP contribution < -0.4 is 0 Å². The van der Waals surface area contributed by atoms with E-state index in [-0.39, 0.29) is 0 Å². The summed E-state index contributed by atoms with van der Waals surface area (Å²) < 4.78 is 4.91. The van der Waals surface area contributed by atoms with E-state index >= 15 is 0 Å². The van der Waals surface area contributed by atoms with Gasteiger partial charge in [0, 0.05) is 49.9 Å². The number of nitrogens with zero attached hydrogens (tertiary/aromatic N) is 3. The number of para-hydroxylation sites is 3. The van der Waals surface area contributed by atoms with Crippen molar-refractivity contribution in [1.29, 1.82) is 0 Å². The van der Waals surface area contributed by atoms with Crippen LogP contribution in [0.1, 0.15) is 0 Å². The normalized spacial score (nSPS) is 11.9. The minimum Gasteiger partial charge on any atom is -0.307 e. The fraction of sp³-hybridized carbons (Fsp3) is 0. The molecule has 0 atom stereocenters. The second-order valence-electron chi connectivity index (χ2n) is 12.0. The van der Waals surface area contributed by atoms with Crippen molar-refractivity contribution in [3.05, 3.63) is 164 Å². The van der Waals surface area contributed by atoms with E-state index in [0.717, 1.165) is 22.3 Å². The van der Waals surface area contributed by atoms with Gasteiger partial charge in [0.05, 0.1) is 27.6 Å². The molecule has 0 spiro atoms. The van der Waals surface area contributed by atoms with Gasteiger partial charge in [-0.1, -0.05) is 115 Å². The summed E-state index contributed by atoms with van der Waals surface area (Å²) in [5.41, 5.74) is 10.5. The van der Waals surface area contributed by atoms with E-state index in [9.17, 15) is 0 Å². The topological polar surface area (TPSA) is 22.8 Å². The van der Waals surface area contributed by atoms with Crippen molar-refractivity contribution in [3.8, 4) is 22.5 Å². The van der Waals surface area contributed by atoms with Gasteiger partial charge in [0.2, 0.25) is 0 Å². The number of hydrogen-bond donors (Lipinski definition) is 0. The minimum absolute atomic E-state index is 1.03. The molecule has 0 N–H and O–H groups in total. The Bertz CT molecular complexity index is 2800. The van der Waals surface area contributed by atoms with Crippen LogP contribution in [0.2, 0.25) is 0 Å². The molecule has 3 heteroatoms. The second-order valence-corrected chi connectivity index (χ2v) is 12.0. The van der Waals surface area contributed by atoms with Crippen LogP contribution in [0.3, 0.4) is 0 Å². The molecule has 0 aliphatic carbocycles. The van der Waals surface area contributed by atoms with Crippen molar-refractivity contribution in [2.45, 2.75) is 0 Å². The molecule has 3 aromatic heterocycles. The molecule has 3 heterocycles. The zero-order chi connectivity index (χ0) is 30.2. The van der Waals surface area contributed by atoms with Gasteiger partial charge in [0.15, 0.2) is 0 Å². The third kappa shape index (κ3) is 3.51. The van der Waals surface area contributed by atoms with Crippen LogP contribution in [0.25, 0.3) is 87.8 Å². The number of pyridine rings is 1. The molecule has 46 heavy (non-hydrogen) atoms. The van der Waals surface area contributed by atoms with Crippen molar-refractivity contribution in [2.24, 2.45) is 0 Å². The fourth-order valence-electron chi connectivity index (χ4n) is 7.58. The van der Waals surface area contributed by atoms with E-state index in [1.807, 2.05) is 12.3 Å². The van der Waals surface area contributed by atoms with Crippen molar-refractivity contribution >= 4 is 65.3 Å². The summed E-state index contributed by atoms with van der Waals surface area (Å²) in [4.78, 5) is 4.84. The lowest BCUT2D eigenvalue weighted by Gasteiger charge is -2.14. The van der Waals surface area contributed by atoms with Gasteiger partial charge in [-0.2, -0.15) is 0 Å². The summed E-state index contributed by atoms with van der Waals surface area (Å²) in [6, 6.07) is 57.0. The molecule has 0 unspecified atom stereocenters. The Hall–Kier alpha value is -6.19. The quantitative estimate of drug-likeness (QED) is 0.189. The average Bonchev–Trinajstić information content (AvgIpc) is 3.65. The molecule has 0 saturated heterocycles. The van der Waals surface area contributed by atoms with E-state index in [2.05, 4.69) is 161 Å². The predicted molar refractivity (Wildman–Crippen MR) is 193 cm³/mol. The summed E-state index contributed by atoms with van der Waals surface area (Å²) in [6.07, 6.45) is 1.89. The number of hydrogen-bond acceptors (Lipinski definition) is 1. The minimum atomic E-state index is 1.03. The molecule has 0 aliphatic heterocycles.